The van der Waals surface area contributed by atoms with Crippen molar-refractivity contribution in [3.63, 3.8) is 0 Å². The number of hydrogen-bond donors (Lipinski definition) is 1. The molecule has 0 aromatic rings. The van der Waals surface area contributed by atoms with Crippen molar-refractivity contribution in [1.29, 1.82) is 0 Å². The monoisotopic (exact) mass is 149 g/mol. The molecule has 0 spiro atoms. The Bertz CT molecular complexity index is 136. The molecule has 0 bridgehead atoms. The Hall–Kier alpha value is -0.180. The minimum atomic E-state index is -2.48. The van der Waals surface area contributed by atoms with Crippen LogP contribution in [0.25, 0.3) is 0 Å². The lowest BCUT2D eigenvalue weighted by Crippen LogP contribution is -2.34. The van der Waals surface area contributed by atoms with Crippen molar-refractivity contribution in [1.82, 2.24) is 5.32 Å². The molecule has 0 aliphatic carbocycles. The van der Waals surface area contributed by atoms with E-state index in [1.54, 1.807) is 0 Å². The summed E-state index contributed by atoms with van der Waals surface area (Å²) in [5, 5.41) is 2.82. The van der Waals surface area contributed by atoms with Crippen molar-refractivity contribution in [2.24, 2.45) is 0 Å². The van der Waals surface area contributed by atoms with Gasteiger partial charge in [-0.25, -0.2) is 8.78 Å². The van der Waals surface area contributed by atoms with Crippen LogP contribution in [0, 0.1) is 0 Å². The maximum Gasteiger partial charge on any atom is 0.262 e. The lowest BCUT2D eigenvalue weighted by molar-refractivity contribution is 0.0165. The Morgan fingerprint density at radius 3 is 2.30 bits per heavy atom. The highest BCUT2D eigenvalue weighted by Gasteiger charge is 2.45. The van der Waals surface area contributed by atoms with E-state index in [2.05, 4.69) is 5.32 Å². The van der Waals surface area contributed by atoms with Crippen molar-refractivity contribution < 1.29 is 8.78 Å². The molecule has 1 rings (SSSR count). The van der Waals surface area contributed by atoms with Gasteiger partial charge in [-0.2, -0.15) is 0 Å². The van der Waals surface area contributed by atoms with E-state index in [0.29, 0.717) is 0 Å². The fraction of sp³-hybridized carbons (Fsp3) is 1.00. The minimum absolute atomic E-state index is 0.0174. The van der Waals surface area contributed by atoms with Gasteiger partial charge in [-0.15, -0.1) is 0 Å². The highest BCUT2D eigenvalue weighted by atomic mass is 19.3. The molecule has 1 heterocycles. The fourth-order valence-electron chi connectivity index (χ4n) is 1.29. The van der Waals surface area contributed by atoms with E-state index in [9.17, 15) is 8.78 Å². The summed E-state index contributed by atoms with van der Waals surface area (Å²) in [6.07, 6.45) is 0.749. The van der Waals surface area contributed by atoms with Crippen LogP contribution in [0.3, 0.4) is 0 Å². The summed E-state index contributed by atoms with van der Waals surface area (Å²) < 4.78 is 25.1. The maximum absolute atomic E-state index is 12.6. The molecule has 0 aromatic carbocycles. The van der Waals surface area contributed by atoms with Gasteiger partial charge >= 0.3 is 0 Å². The van der Waals surface area contributed by atoms with Gasteiger partial charge in [0.1, 0.15) is 0 Å². The Morgan fingerprint density at radius 2 is 2.10 bits per heavy atom. The molecule has 60 valence electrons. The van der Waals surface area contributed by atoms with Gasteiger partial charge in [0.25, 0.3) is 5.92 Å². The van der Waals surface area contributed by atoms with Crippen LogP contribution in [0.4, 0.5) is 8.78 Å². The highest BCUT2D eigenvalue weighted by Crippen LogP contribution is 2.33. The second-order valence-corrected chi connectivity index (χ2v) is 3.30. The smallest absolute Gasteiger partial charge is 0.262 e. The molecule has 10 heavy (non-hydrogen) atoms. The quantitative estimate of drug-likeness (QED) is 0.599. The average molecular weight is 149 g/mol. The van der Waals surface area contributed by atoms with Crippen LogP contribution >= 0.6 is 0 Å². The third-order valence-corrected chi connectivity index (χ3v) is 2.20. The first kappa shape index (κ1) is 7.92. The maximum atomic E-state index is 12.6. The van der Waals surface area contributed by atoms with Crippen molar-refractivity contribution in [3.8, 4) is 0 Å². The topological polar surface area (TPSA) is 12.0 Å². The SMILES string of the molecule is CC[C@]1(C)CC(F)(F)CN1. The predicted octanol–water partition coefficient (Wildman–Crippen LogP) is 1.78. The van der Waals surface area contributed by atoms with Gasteiger partial charge in [0, 0.05) is 12.0 Å². The van der Waals surface area contributed by atoms with E-state index in [-0.39, 0.29) is 18.5 Å². The van der Waals surface area contributed by atoms with Crippen LogP contribution in [0.1, 0.15) is 26.7 Å². The number of hydrogen-bond acceptors (Lipinski definition) is 1. The third kappa shape index (κ3) is 1.45. The van der Waals surface area contributed by atoms with Crippen LogP contribution < -0.4 is 5.32 Å². The van der Waals surface area contributed by atoms with Crippen molar-refractivity contribution in [2.75, 3.05) is 6.54 Å². The number of halogens is 2. The molecule has 0 saturated carbocycles. The van der Waals surface area contributed by atoms with Gasteiger partial charge in [0.05, 0.1) is 6.54 Å². The van der Waals surface area contributed by atoms with Gasteiger partial charge in [-0.1, -0.05) is 6.92 Å². The molecule has 1 aliphatic rings. The molecule has 0 amide bonds. The Kier molecular flexibility index (Phi) is 1.71. The molecule has 1 atom stereocenters. The van der Waals surface area contributed by atoms with Crippen LogP contribution in [-0.2, 0) is 0 Å². The normalized spacial score (nSPS) is 38.4. The molecule has 1 saturated heterocycles. The lowest BCUT2D eigenvalue weighted by Gasteiger charge is -2.21. The average Bonchev–Trinajstić information content (AvgIpc) is 2.08. The first-order valence-electron chi connectivity index (χ1n) is 3.60. The summed E-state index contributed by atoms with van der Waals surface area (Å²) in [5.74, 6) is -2.48. The Morgan fingerprint density at radius 1 is 1.50 bits per heavy atom. The second kappa shape index (κ2) is 2.16. The van der Waals surface area contributed by atoms with Crippen LogP contribution in [0.2, 0.25) is 0 Å². The summed E-state index contributed by atoms with van der Waals surface area (Å²) in [5.41, 5.74) is -0.330. The summed E-state index contributed by atoms with van der Waals surface area (Å²) in [7, 11) is 0. The first-order chi connectivity index (χ1) is 4.47. The standard InChI is InChI=1S/C7H13F2N/c1-3-6(2)4-7(8,9)5-10-6/h10H,3-5H2,1-2H3/t6-/m1/s1. The molecular weight excluding hydrogens is 136 g/mol. The zero-order valence-electron chi connectivity index (χ0n) is 6.38. The molecule has 0 radical (unpaired) electrons. The molecule has 1 N–H and O–H groups in total. The fourth-order valence-corrected chi connectivity index (χ4v) is 1.29. The van der Waals surface area contributed by atoms with Crippen molar-refractivity contribution >= 4 is 0 Å². The van der Waals surface area contributed by atoms with Gasteiger partial charge in [0.2, 0.25) is 0 Å². The molecule has 1 nitrogen and oxygen atoms in total. The molecule has 1 aliphatic heterocycles. The van der Waals surface area contributed by atoms with E-state index >= 15 is 0 Å². The summed E-state index contributed by atoms with van der Waals surface area (Å²) in [6.45, 7) is 3.61. The van der Waals surface area contributed by atoms with Crippen molar-refractivity contribution in [3.05, 3.63) is 0 Å². The molecule has 1 fully saturated rings. The zero-order chi connectivity index (χ0) is 7.83. The van der Waals surface area contributed by atoms with Crippen LogP contribution in [-0.4, -0.2) is 18.0 Å². The lowest BCUT2D eigenvalue weighted by atomic mass is 9.96. The molecule has 0 unspecified atom stereocenters. The second-order valence-electron chi connectivity index (χ2n) is 3.30. The van der Waals surface area contributed by atoms with E-state index < -0.39 is 5.92 Å². The van der Waals surface area contributed by atoms with Crippen molar-refractivity contribution in [2.45, 2.75) is 38.2 Å². The summed E-state index contributed by atoms with van der Waals surface area (Å²) in [4.78, 5) is 0. The zero-order valence-corrected chi connectivity index (χ0v) is 6.38. The number of rotatable bonds is 1. The molecule has 0 aromatic heterocycles. The number of nitrogens with one attached hydrogen (secondary N) is 1. The van der Waals surface area contributed by atoms with E-state index in [0.717, 1.165) is 6.42 Å². The van der Waals surface area contributed by atoms with E-state index in [1.165, 1.54) is 0 Å². The van der Waals surface area contributed by atoms with Gasteiger partial charge < -0.3 is 5.32 Å². The highest BCUT2D eigenvalue weighted by molar-refractivity contribution is 4.96. The largest absolute Gasteiger partial charge is 0.306 e. The molecule has 3 heteroatoms. The third-order valence-electron chi connectivity index (χ3n) is 2.20. The van der Waals surface area contributed by atoms with E-state index in [1.807, 2.05) is 13.8 Å². The summed E-state index contributed by atoms with van der Waals surface area (Å²) in [6, 6.07) is 0. The van der Waals surface area contributed by atoms with E-state index in [4.69, 9.17) is 0 Å². The summed E-state index contributed by atoms with van der Waals surface area (Å²) >= 11 is 0. The Labute approximate surface area is 59.8 Å². The van der Waals surface area contributed by atoms with Crippen LogP contribution in [0.5, 0.6) is 0 Å². The van der Waals surface area contributed by atoms with Gasteiger partial charge in [-0.05, 0) is 13.3 Å². The van der Waals surface area contributed by atoms with Gasteiger partial charge in [-0.3, -0.25) is 0 Å². The Balaban J connectivity index is 2.57. The van der Waals surface area contributed by atoms with Gasteiger partial charge in [0.15, 0.2) is 0 Å². The van der Waals surface area contributed by atoms with Crippen LogP contribution in [0.15, 0.2) is 0 Å². The molecular formula is C7H13F2N. The first-order valence-corrected chi connectivity index (χ1v) is 3.60. The predicted molar refractivity (Wildman–Crippen MR) is 36.3 cm³/mol. The minimum Gasteiger partial charge on any atom is -0.306 e. The number of alkyl halides is 2.